The zero-order valence-corrected chi connectivity index (χ0v) is 11.4. The summed E-state index contributed by atoms with van der Waals surface area (Å²) in [5.41, 5.74) is 1.77. The second-order valence-electron chi connectivity index (χ2n) is 4.54. The highest BCUT2D eigenvalue weighted by Gasteiger charge is 2.30. The van der Waals surface area contributed by atoms with Gasteiger partial charge in [0.2, 0.25) is 5.91 Å². The third-order valence-electron chi connectivity index (χ3n) is 2.72. The van der Waals surface area contributed by atoms with Crippen molar-refractivity contribution in [1.29, 1.82) is 0 Å². The number of alkyl halides is 3. The van der Waals surface area contributed by atoms with E-state index in [4.69, 9.17) is 7.85 Å². The van der Waals surface area contributed by atoms with Gasteiger partial charge in [-0.25, -0.2) is 0 Å². The lowest BCUT2D eigenvalue weighted by atomic mass is 9.95. The van der Waals surface area contributed by atoms with Crippen molar-refractivity contribution in [3.05, 3.63) is 54.1 Å². The Labute approximate surface area is 126 Å². The van der Waals surface area contributed by atoms with Crippen molar-refractivity contribution in [3.8, 4) is 5.75 Å². The first-order valence-corrected chi connectivity index (χ1v) is 6.32. The maximum absolute atomic E-state index is 12.0. The van der Waals surface area contributed by atoms with Crippen LogP contribution in [0.1, 0.15) is 5.56 Å². The summed E-state index contributed by atoms with van der Waals surface area (Å²) in [6.07, 6.45) is -4.60. The molecule has 2 radical (unpaired) electrons. The van der Waals surface area contributed by atoms with E-state index in [0.29, 0.717) is 11.2 Å². The summed E-state index contributed by atoms with van der Waals surface area (Å²) in [4.78, 5) is 11.8. The molecule has 0 aliphatic carbocycles. The molecule has 0 heterocycles. The van der Waals surface area contributed by atoms with Crippen LogP contribution in [0.2, 0.25) is 0 Å². The van der Waals surface area contributed by atoms with E-state index in [-0.39, 0.29) is 18.1 Å². The predicted molar refractivity (Wildman–Crippen MR) is 77.3 cm³/mol. The molecule has 0 saturated heterocycles. The van der Waals surface area contributed by atoms with E-state index in [9.17, 15) is 18.0 Å². The fourth-order valence-electron chi connectivity index (χ4n) is 1.77. The molecule has 2 aromatic carbocycles. The van der Waals surface area contributed by atoms with Crippen LogP contribution in [0.5, 0.6) is 5.75 Å². The maximum atomic E-state index is 12.0. The van der Waals surface area contributed by atoms with Crippen LogP contribution in [-0.4, -0.2) is 20.1 Å². The first-order valence-electron chi connectivity index (χ1n) is 6.32. The number of rotatable bonds is 4. The quantitative estimate of drug-likeness (QED) is 0.882. The maximum Gasteiger partial charge on any atom is 0.573 e. The Morgan fingerprint density at radius 1 is 1.05 bits per heavy atom. The second-order valence-corrected chi connectivity index (χ2v) is 4.54. The number of halogens is 3. The summed E-state index contributed by atoms with van der Waals surface area (Å²) in [5, 5.41) is 2.59. The van der Waals surface area contributed by atoms with Gasteiger partial charge in [-0.3, -0.25) is 4.79 Å². The van der Waals surface area contributed by atoms with Gasteiger partial charge in [-0.05, 0) is 29.8 Å². The number of carbonyl (C=O) groups excluding carboxylic acids is 1. The summed E-state index contributed by atoms with van der Waals surface area (Å²) in [7, 11) is 5.55. The lowest BCUT2D eigenvalue weighted by molar-refractivity contribution is -0.274. The van der Waals surface area contributed by atoms with E-state index in [1.807, 2.05) is 0 Å². The normalized spacial score (nSPS) is 11.0. The molecular formula is C15H11BF3NO2. The van der Waals surface area contributed by atoms with Crippen LogP contribution >= 0.6 is 0 Å². The number of ether oxygens (including phenoxy) is 1. The van der Waals surface area contributed by atoms with Crippen LogP contribution in [0.25, 0.3) is 0 Å². The van der Waals surface area contributed by atoms with Gasteiger partial charge >= 0.3 is 6.36 Å². The van der Waals surface area contributed by atoms with Gasteiger partial charge in [0.25, 0.3) is 0 Å². The molecule has 22 heavy (non-hydrogen) atoms. The molecule has 0 aromatic heterocycles. The highest BCUT2D eigenvalue weighted by atomic mass is 19.4. The third-order valence-corrected chi connectivity index (χ3v) is 2.72. The summed E-state index contributed by atoms with van der Waals surface area (Å²) in [5.74, 6) is -0.627. The average Bonchev–Trinajstić information content (AvgIpc) is 2.42. The molecule has 0 spiro atoms. The van der Waals surface area contributed by atoms with Gasteiger partial charge in [0.15, 0.2) is 0 Å². The molecule has 0 aliphatic heterocycles. The van der Waals surface area contributed by atoms with Crippen molar-refractivity contribution in [2.45, 2.75) is 12.8 Å². The highest BCUT2D eigenvalue weighted by Crippen LogP contribution is 2.23. The van der Waals surface area contributed by atoms with E-state index in [1.54, 1.807) is 24.3 Å². The van der Waals surface area contributed by atoms with Crippen LogP contribution < -0.4 is 15.5 Å². The number of amides is 1. The van der Waals surface area contributed by atoms with Crippen LogP contribution in [0.3, 0.4) is 0 Å². The predicted octanol–water partition coefficient (Wildman–Crippen LogP) is 2.56. The van der Waals surface area contributed by atoms with Crippen molar-refractivity contribution >= 4 is 24.9 Å². The van der Waals surface area contributed by atoms with Gasteiger partial charge in [-0.2, -0.15) is 0 Å². The molecule has 0 saturated carbocycles. The monoisotopic (exact) mass is 305 g/mol. The summed E-state index contributed by atoms with van der Waals surface area (Å²) < 4.78 is 39.8. The Kier molecular flexibility index (Phi) is 4.75. The molecule has 2 rings (SSSR count). The minimum absolute atomic E-state index is 0.140. The number of benzene rings is 2. The second kappa shape index (κ2) is 6.55. The van der Waals surface area contributed by atoms with Crippen molar-refractivity contribution in [1.82, 2.24) is 0 Å². The Bertz CT molecular complexity index is 639. The topological polar surface area (TPSA) is 38.3 Å². The molecular weight excluding hydrogens is 294 g/mol. The summed E-state index contributed by atoms with van der Waals surface area (Å²) >= 11 is 0. The zero-order valence-electron chi connectivity index (χ0n) is 11.4. The summed E-state index contributed by atoms with van der Waals surface area (Å²) in [6.45, 7) is 0. The summed E-state index contributed by atoms with van der Waals surface area (Å²) in [6, 6.07) is 11.8. The lowest BCUT2D eigenvalue weighted by Crippen LogP contribution is -2.17. The number of carbonyl (C=O) groups is 1. The van der Waals surface area contributed by atoms with Crippen LogP contribution in [-0.2, 0) is 11.2 Å². The standard InChI is InChI=1S/C15H11BF3NO2/c16-11-3-1-10(2-4-11)9-14(21)20-12-5-7-13(8-6-12)22-15(17,18)19/h1-8H,9H2,(H,20,21). The first kappa shape index (κ1) is 15.9. The molecule has 3 nitrogen and oxygen atoms in total. The smallest absolute Gasteiger partial charge is 0.406 e. The van der Waals surface area contributed by atoms with E-state index < -0.39 is 6.36 Å². The van der Waals surface area contributed by atoms with Crippen LogP contribution in [0, 0.1) is 0 Å². The molecule has 1 amide bonds. The van der Waals surface area contributed by atoms with E-state index in [1.165, 1.54) is 12.1 Å². The van der Waals surface area contributed by atoms with Crippen molar-refractivity contribution in [2.24, 2.45) is 0 Å². The van der Waals surface area contributed by atoms with Crippen LogP contribution in [0.15, 0.2) is 48.5 Å². The van der Waals surface area contributed by atoms with Crippen molar-refractivity contribution < 1.29 is 22.7 Å². The van der Waals surface area contributed by atoms with Gasteiger partial charge < -0.3 is 10.1 Å². The van der Waals surface area contributed by atoms with E-state index in [0.717, 1.165) is 17.7 Å². The fourth-order valence-corrected chi connectivity index (χ4v) is 1.77. The minimum Gasteiger partial charge on any atom is -0.406 e. The highest BCUT2D eigenvalue weighted by molar-refractivity contribution is 6.32. The molecule has 1 N–H and O–H groups in total. The lowest BCUT2D eigenvalue weighted by Gasteiger charge is -2.10. The molecule has 0 fully saturated rings. The Morgan fingerprint density at radius 3 is 2.18 bits per heavy atom. The molecule has 0 atom stereocenters. The van der Waals surface area contributed by atoms with Gasteiger partial charge in [0.05, 0.1) is 6.42 Å². The Balaban J connectivity index is 1.93. The van der Waals surface area contributed by atoms with Crippen LogP contribution in [0.4, 0.5) is 18.9 Å². The number of hydrogen-bond donors (Lipinski definition) is 1. The van der Waals surface area contributed by atoms with Gasteiger partial charge in [0.1, 0.15) is 13.6 Å². The number of hydrogen-bond acceptors (Lipinski definition) is 2. The van der Waals surface area contributed by atoms with E-state index in [2.05, 4.69) is 10.1 Å². The Morgan fingerprint density at radius 2 is 1.64 bits per heavy atom. The average molecular weight is 305 g/mol. The van der Waals surface area contributed by atoms with E-state index >= 15 is 0 Å². The first-order chi connectivity index (χ1) is 10.3. The Hall–Kier alpha value is -2.44. The van der Waals surface area contributed by atoms with Crippen molar-refractivity contribution in [3.63, 3.8) is 0 Å². The van der Waals surface area contributed by atoms with Gasteiger partial charge in [-0.1, -0.05) is 29.7 Å². The molecule has 0 unspecified atom stereocenters. The molecule has 7 heteroatoms. The largest absolute Gasteiger partial charge is 0.573 e. The number of nitrogens with one attached hydrogen (secondary N) is 1. The minimum atomic E-state index is -4.74. The van der Waals surface area contributed by atoms with Gasteiger partial charge in [0, 0.05) is 5.69 Å². The molecule has 112 valence electrons. The van der Waals surface area contributed by atoms with Gasteiger partial charge in [-0.15, -0.1) is 13.2 Å². The third kappa shape index (κ3) is 5.16. The zero-order chi connectivity index (χ0) is 16.2. The van der Waals surface area contributed by atoms with Crippen molar-refractivity contribution in [2.75, 3.05) is 5.32 Å². The molecule has 0 aliphatic rings. The SMILES string of the molecule is [B]c1ccc(CC(=O)Nc2ccc(OC(F)(F)F)cc2)cc1. The number of anilines is 1. The fraction of sp³-hybridized carbons (Fsp3) is 0.133. The molecule has 0 bridgehead atoms. The molecule has 2 aromatic rings.